The number of nitrogens with zero attached hydrogens (tertiary/aromatic N) is 2. The minimum atomic E-state index is -4.43. The van der Waals surface area contributed by atoms with Gasteiger partial charge in [-0.25, -0.2) is 0 Å². The van der Waals surface area contributed by atoms with E-state index in [0.717, 1.165) is 29.1 Å². The van der Waals surface area contributed by atoms with E-state index < -0.39 is 24.7 Å². The number of piperidine rings is 1. The Labute approximate surface area is 260 Å². The highest BCUT2D eigenvalue weighted by Crippen LogP contribution is 2.32. The Morgan fingerprint density at radius 1 is 1.14 bits per heavy atom. The molecule has 2 radical (unpaired) electrons. The second kappa shape index (κ2) is 14.8. The van der Waals surface area contributed by atoms with Crippen molar-refractivity contribution < 1.29 is 38.0 Å². The van der Waals surface area contributed by atoms with Gasteiger partial charge in [0.05, 0.1) is 43.3 Å². The van der Waals surface area contributed by atoms with Crippen LogP contribution in [0.25, 0.3) is 10.9 Å². The fourth-order valence-corrected chi connectivity index (χ4v) is 5.56. The first-order chi connectivity index (χ1) is 20.8. The maximum Gasteiger partial charge on any atom is 0.406 e. The van der Waals surface area contributed by atoms with Gasteiger partial charge in [0.2, 0.25) is 5.87 Å². The van der Waals surface area contributed by atoms with Crippen molar-refractivity contribution in [3.8, 4) is 17.6 Å². The Balaban J connectivity index is 1.45. The van der Waals surface area contributed by atoms with E-state index >= 15 is 0 Å². The van der Waals surface area contributed by atoms with E-state index in [1.54, 1.807) is 37.1 Å². The molecule has 1 atom stereocenters. The number of aliphatic hydroxyl groups excluding tert-OH is 1. The van der Waals surface area contributed by atoms with Crippen molar-refractivity contribution in [1.29, 1.82) is 0 Å². The molecule has 3 aromatic rings. The molecular formula is C30H36BF3N4O5S. The summed E-state index contributed by atoms with van der Waals surface area (Å²) in [5.41, 5.74) is 2.16. The summed E-state index contributed by atoms with van der Waals surface area (Å²) in [7, 11) is 6.52. The molecule has 0 aliphatic carbocycles. The highest BCUT2D eigenvalue weighted by molar-refractivity contribution is 7.98. The number of benzene rings is 2. The van der Waals surface area contributed by atoms with Crippen LogP contribution in [0.1, 0.15) is 18.5 Å². The molecule has 1 unspecified atom stereocenters. The van der Waals surface area contributed by atoms with Crippen LogP contribution in [0.15, 0.2) is 47.4 Å². The molecule has 44 heavy (non-hydrogen) atoms. The average molecular weight is 633 g/mol. The van der Waals surface area contributed by atoms with E-state index in [0.29, 0.717) is 29.7 Å². The molecule has 236 valence electrons. The van der Waals surface area contributed by atoms with Gasteiger partial charge < -0.3 is 44.9 Å². The summed E-state index contributed by atoms with van der Waals surface area (Å²) < 4.78 is 52.1. The molecule has 0 saturated carbocycles. The fourth-order valence-electron chi connectivity index (χ4n) is 5.13. The normalized spacial score (nSPS) is 15.5. The Morgan fingerprint density at radius 2 is 1.89 bits per heavy atom. The van der Waals surface area contributed by atoms with Crippen molar-refractivity contribution in [3.05, 3.63) is 48.2 Å². The maximum atomic E-state index is 13.6. The van der Waals surface area contributed by atoms with Gasteiger partial charge in [0.25, 0.3) is 0 Å². The number of aromatic nitrogens is 1. The summed E-state index contributed by atoms with van der Waals surface area (Å²) in [5.74, 6) is 3.74. The van der Waals surface area contributed by atoms with E-state index in [2.05, 4.69) is 27.2 Å². The molecule has 1 aliphatic heterocycles. The smallest absolute Gasteiger partial charge is 0.406 e. The number of alkyl halides is 3. The number of thioether (sulfide) groups is 1. The predicted molar refractivity (Wildman–Crippen MR) is 166 cm³/mol. The lowest BCUT2D eigenvalue weighted by Crippen LogP contribution is -2.44. The molecular weight excluding hydrogens is 596 g/mol. The summed E-state index contributed by atoms with van der Waals surface area (Å²) in [5, 5.41) is 35.5. The number of methoxy groups -OCH3 is 1. The van der Waals surface area contributed by atoms with Crippen LogP contribution in [0.4, 0.5) is 24.5 Å². The van der Waals surface area contributed by atoms with Gasteiger partial charge in [0.15, 0.2) is 7.85 Å². The van der Waals surface area contributed by atoms with Crippen LogP contribution in [-0.4, -0.2) is 103 Å². The van der Waals surface area contributed by atoms with Crippen molar-refractivity contribution >= 4 is 41.9 Å². The molecule has 4 rings (SSSR count). The number of anilines is 2. The summed E-state index contributed by atoms with van der Waals surface area (Å²) in [4.78, 5) is 3.06. The number of hydrogen-bond acceptors (Lipinski definition) is 9. The van der Waals surface area contributed by atoms with Crippen molar-refractivity contribution in [3.63, 3.8) is 0 Å². The van der Waals surface area contributed by atoms with Gasteiger partial charge in [-0.15, -0.1) is 11.8 Å². The summed E-state index contributed by atoms with van der Waals surface area (Å²) >= 11 is 1.59. The Hall–Kier alpha value is -3.06. The van der Waals surface area contributed by atoms with Crippen LogP contribution >= 0.6 is 11.8 Å². The number of β-amino-alcohol motifs (C(OH)–C–C–N with tert-alkyl or cyclic N) is 1. The molecule has 1 fully saturated rings. The minimum absolute atomic E-state index is 0.0639. The van der Waals surface area contributed by atoms with E-state index in [1.165, 1.54) is 4.57 Å². The maximum absolute atomic E-state index is 13.6. The molecule has 9 nitrogen and oxygen atoms in total. The van der Waals surface area contributed by atoms with Gasteiger partial charge in [-0.05, 0) is 61.4 Å². The van der Waals surface area contributed by atoms with Gasteiger partial charge in [-0.3, -0.25) is 0 Å². The first-order valence-electron chi connectivity index (χ1n) is 14.0. The van der Waals surface area contributed by atoms with Gasteiger partial charge in [-0.1, -0.05) is 12.0 Å². The van der Waals surface area contributed by atoms with Gasteiger partial charge in [-0.2, -0.15) is 13.2 Å². The van der Waals surface area contributed by atoms with Gasteiger partial charge in [0, 0.05) is 41.6 Å². The lowest BCUT2D eigenvalue weighted by atomic mass is 10.0. The molecule has 5 N–H and O–H groups in total. The second-order valence-corrected chi connectivity index (χ2v) is 11.4. The van der Waals surface area contributed by atoms with Crippen LogP contribution in [0.2, 0.25) is 0 Å². The topological polar surface area (TPSA) is 111 Å². The predicted octanol–water partition coefficient (Wildman–Crippen LogP) is 3.42. The highest BCUT2D eigenvalue weighted by atomic mass is 32.2. The number of fused-ring (bicyclic) bond motifs is 1. The molecule has 0 spiro atoms. The van der Waals surface area contributed by atoms with Crippen molar-refractivity contribution in [2.45, 2.75) is 48.5 Å². The SMILES string of the molecule is [B]C(O)(O)OCC(O)CN1CCC(Nc2cccc3c2cc(C#CCNc2ccc(SC)cc2OC)n3CC(F)(F)F)CC1. The zero-order valence-corrected chi connectivity index (χ0v) is 25.3. The van der Waals surface area contributed by atoms with Crippen molar-refractivity contribution in [2.24, 2.45) is 0 Å². The molecule has 1 aromatic heterocycles. The van der Waals surface area contributed by atoms with Crippen LogP contribution < -0.4 is 15.4 Å². The number of halogens is 3. The standard InChI is InChI=1S/C30H36BF3N4O5S/c1-42-28-16-23(44-2)8-9-26(28)35-12-4-5-21-15-24-25(6-3-7-27(24)38(21)19-29(32,33)34)36-20-10-13-37(14-11-20)17-22(39)18-43-30(31,40)41/h3,6-9,15-16,20,22,35-36,39-41H,10-14,17-19H2,1-2H3. The van der Waals surface area contributed by atoms with Crippen LogP contribution in [0, 0.1) is 11.8 Å². The van der Waals surface area contributed by atoms with Crippen LogP contribution in [0.5, 0.6) is 5.75 Å². The van der Waals surface area contributed by atoms with Crippen molar-refractivity contribution in [1.82, 2.24) is 9.47 Å². The average Bonchev–Trinajstić information content (AvgIpc) is 3.31. The lowest BCUT2D eigenvalue weighted by Gasteiger charge is -2.34. The van der Waals surface area contributed by atoms with E-state index in [1.807, 2.05) is 35.4 Å². The number of nitrogens with one attached hydrogen (secondary N) is 2. The van der Waals surface area contributed by atoms with Crippen LogP contribution in [0.3, 0.4) is 0 Å². The molecule has 1 aliphatic rings. The van der Waals surface area contributed by atoms with E-state index in [9.17, 15) is 18.3 Å². The minimum Gasteiger partial charge on any atom is -0.495 e. The lowest BCUT2D eigenvalue weighted by molar-refractivity contribution is -0.282. The Bertz CT molecular complexity index is 1460. The zero-order valence-electron chi connectivity index (χ0n) is 24.5. The molecule has 1 saturated heterocycles. The first-order valence-corrected chi connectivity index (χ1v) is 15.3. The second-order valence-electron chi connectivity index (χ2n) is 10.5. The van der Waals surface area contributed by atoms with Gasteiger partial charge in [0.1, 0.15) is 12.3 Å². The monoisotopic (exact) mass is 632 g/mol. The number of ether oxygens (including phenoxy) is 2. The Morgan fingerprint density at radius 3 is 2.55 bits per heavy atom. The molecule has 0 bridgehead atoms. The number of likely N-dealkylation sites (tertiary alicyclic amines) is 1. The fraction of sp³-hybridized carbons (Fsp3) is 0.467. The quantitative estimate of drug-likeness (QED) is 0.0889. The third-order valence-corrected chi connectivity index (χ3v) is 7.91. The summed E-state index contributed by atoms with van der Waals surface area (Å²) in [6.45, 7) is 0.287. The van der Waals surface area contributed by atoms with E-state index in [4.69, 9.17) is 22.8 Å². The van der Waals surface area contributed by atoms with Crippen molar-refractivity contribution in [2.75, 3.05) is 56.8 Å². The molecule has 2 aromatic carbocycles. The summed E-state index contributed by atoms with van der Waals surface area (Å²) in [6.07, 6.45) is -1.96. The molecule has 14 heteroatoms. The number of rotatable bonds is 12. The third kappa shape index (κ3) is 9.72. The van der Waals surface area contributed by atoms with E-state index in [-0.39, 0.29) is 31.4 Å². The molecule has 2 heterocycles. The third-order valence-electron chi connectivity index (χ3n) is 7.18. The Kier molecular flexibility index (Phi) is 11.4. The zero-order chi connectivity index (χ0) is 31.9. The van der Waals surface area contributed by atoms with Gasteiger partial charge >= 0.3 is 6.18 Å². The van der Waals surface area contributed by atoms with Crippen LogP contribution in [-0.2, 0) is 11.3 Å². The molecule has 0 amide bonds. The largest absolute Gasteiger partial charge is 0.495 e. The first kappa shape index (κ1) is 33.8. The number of hydrogen-bond donors (Lipinski definition) is 5. The summed E-state index contributed by atoms with van der Waals surface area (Å²) in [6, 6.07) is 12.7. The number of aliphatic hydroxyl groups is 3. The highest BCUT2D eigenvalue weighted by Gasteiger charge is 2.30.